The van der Waals surface area contributed by atoms with Crippen LogP contribution >= 0.6 is 0 Å². The van der Waals surface area contributed by atoms with Crippen molar-refractivity contribution < 1.29 is 9.84 Å². The summed E-state index contributed by atoms with van der Waals surface area (Å²) in [6.07, 6.45) is 4.51. The van der Waals surface area contributed by atoms with Crippen molar-refractivity contribution in [1.82, 2.24) is 10.2 Å². The van der Waals surface area contributed by atoms with E-state index in [1.807, 2.05) is 0 Å². The molecule has 2 unspecified atom stereocenters. The number of likely N-dealkylation sites (N-methyl/N-ethyl adjacent to an activating group) is 1. The molecule has 0 saturated carbocycles. The van der Waals surface area contributed by atoms with E-state index in [-0.39, 0.29) is 0 Å². The molecule has 4 nitrogen and oxygen atoms in total. The predicted octanol–water partition coefficient (Wildman–Crippen LogP) is 2.51. The Morgan fingerprint density at radius 1 is 1.19 bits per heavy atom. The molecular formula is C17H38N2O2. The zero-order valence-corrected chi connectivity index (χ0v) is 14.9. The number of hydrogen-bond donors (Lipinski definition) is 2. The third-order valence-corrected chi connectivity index (χ3v) is 4.11. The molecule has 2 N–H and O–H groups in total. The fourth-order valence-corrected chi connectivity index (χ4v) is 2.11. The molecule has 0 aliphatic heterocycles. The molecule has 0 aromatic heterocycles. The molecule has 0 aromatic carbocycles. The number of rotatable bonds is 14. The molecule has 0 spiro atoms. The topological polar surface area (TPSA) is 44.7 Å². The summed E-state index contributed by atoms with van der Waals surface area (Å²) in [5.41, 5.74) is 0. The third-order valence-electron chi connectivity index (χ3n) is 4.11. The lowest BCUT2D eigenvalue weighted by Crippen LogP contribution is -2.37. The van der Waals surface area contributed by atoms with Gasteiger partial charge < -0.3 is 20.1 Å². The standard InChI is InChI=1S/C17H38N2O2/c1-6-8-9-16(7-2)13-21-14-17(20)12-18-10-11-19(5)15(3)4/h15-18,20H,6-14H2,1-5H3. The lowest BCUT2D eigenvalue weighted by Gasteiger charge is -2.21. The van der Waals surface area contributed by atoms with Gasteiger partial charge in [0, 0.05) is 32.3 Å². The van der Waals surface area contributed by atoms with Crippen LogP contribution in [0.4, 0.5) is 0 Å². The van der Waals surface area contributed by atoms with Gasteiger partial charge in [0.05, 0.1) is 12.7 Å². The number of nitrogens with one attached hydrogen (secondary N) is 1. The number of ether oxygens (including phenoxy) is 1. The molecule has 0 radical (unpaired) electrons. The predicted molar refractivity (Wildman–Crippen MR) is 90.8 cm³/mol. The van der Waals surface area contributed by atoms with Crippen molar-refractivity contribution in [2.75, 3.05) is 39.9 Å². The van der Waals surface area contributed by atoms with Gasteiger partial charge in [-0.05, 0) is 33.2 Å². The molecule has 0 bridgehead atoms. The first-order chi connectivity index (χ1) is 10.0. The second kappa shape index (κ2) is 13.5. The number of nitrogens with zero attached hydrogens (tertiary/aromatic N) is 1. The molecule has 0 aromatic rings. The summed E-state index contributed by atoms with van der Waals surface area (Å²) in [7, 11) is 2.12. The van der Waals surface area contributed by atoms with E-state index in [9.17, 15) is 5.11 Å². The van der Waals surface area contributed by atoms with Crippen LogP contribution in [0.15, 0.2) is 0 Å². The molecular weight excluding hydrogens is 264 g/mol. The van der Waals surface area contributed by atoms with Crippen LogP contribution in [0.2, 0.25) is 0 Å². The second-order valence-corrected chi connectivity index (χ2v) is 6.39. The summed E-state index contributed by atoms with van der Waals surface area (Å²) in [6.45, 7) is 12.5. The van der Waals surface area contributed by atoms with Gasteiger partial charge in [0.1, 0.15) is 0 Å². The van der Waals surface area contributed by atoms with E-state index >= 15 is 0 Å². The van der Waals surface area contributed by atoms with E-state index in [0.717, 1.165) is 26.1 Å². The van der Waals surface area contributed by atoms with Gasteiger partial charge in [-0.15, -0.1) is 0 Å². The highest BCUT2D eigenvalue weighted by molar-refractivity contribution is 4.63. The first-order valence-corrected chi connectivity index (χ1v) is 8.67. The van der Waals surface area contributed by atoms with Crippen LogP contribution in [0.1, 0.15) is 53.4 Å². The zero-order valence-electron chi connectivity index (χ0n) is 14.9. The molecule has 0 aliphatic rings. The molecule has 0 rings (SSSR count). The van der Waals surface area contributed by atoms with Crippen LogP contribution in [0.3, 0.4) is 0 Å². The monoisotopic (exact) mass is 302 g/mol. The van der Waals surface area contributed by atoms with Crippen LogP contribution in [0, 0.1) is 5.92 Å². The average molecular weight is 303 g/mol. The van der Waals surface area contributed by atoms with Crippen LogP contribution in [-0.2, 0) is 4.74 Å². The van der Waals surface area contributed by atoms with Gasteiger partial charge in [0.2, 0.25) is 0 Å². The smallest absolute Gasteiger partial charge is 0.0897 e. The van der Waals surface area contributed by atoms with Crippen molar-refractivity contribution in [3.05, 3.63) is 0 Å². The maximum atomic E-state index is 9.88. The first-order valence-electron chi connectivity index (χ1n) is 8.67. The van der Waals surface area contributed by atoms with Crippen molar-refractivity contribution in [3.63, 3.8) is 0 Å². The number of aliphatic hydroxyl groups excluding tert-OH is 1. The Bertz CT molecular complexity index is 225. The largest absolute Gasteiger partial charge is 0.389 e. The Hall–Kier alpha value is -0.160. The SMILES string of the molecule is CCCCC(CC)COCC(O)CNCCN(C)C(C)C. The Morgan fingerprint density at radius 3 is 2.48 bits per heavy atom. The Morgan fingerprint density at radius 2 is 1.90 bits per heavy atom. The minimum Gasteiger partial charge on any atom is -0.389 e. The normalized spacial score (nSPS) is 14.9. The summed E-state index contributed by atoms with van der Waals surface area (Å²) < 4.78 is 5.66. The Kier molecular flexibility index (Phi) is 13.4. The van der Waals surface area contributed by atoms with Crippen molar-refractivity contribution in [2.24, 2.45) is 5.92 Å². The summed E-state index contributed by atoms with van der Waals surface area (Å²) in [4.78, 5) is 2.29. The average Bonchev–Trinajstić information content (AvgIpc) is 2.46. The highest BCUT2D eigenvalue weighted by Crippen LogP contribution is 2.12. The van der Waals surface area contributed by atoms with Crippen molar-refractivity contribution in [2.45, 2.75) is 65.5 Å². The number of aliphatic hydroxyl groups is 1. The molecule has 0 saturated heterocycles. The van der Waals surface area contributed by atoms with Gasteiger partial charge in [0.25, 0.3) is 0 Å². The van der Waals surface area contributed by atoms with Crippen LogP contribution in [-0.4, -0.2) is 62.0 Å². The van der Waals surface area contributed by atoms with Crippen molar-refractivity contribution >= 4 is 0 Å². The van der Waals surface area contributed by atoms with Crippen molar-refractivity contribution in [3.8, 4) is 0 Å². The molecule has 0 amide bonds. The van der Waals surface area contributed by atoms with Crippen LogP contribution < -0.4 is 5.32 Å². The van der Waals surface area contributed by atoms with E-state index in [1.165, 1.54) is 19.3 Å². The first kappa shape index (κ1) is 20.8. The van der Waals surface area contributed by atoms with Gasteiger partial charge in [-0.3, -0.25) is 0 Å². The zero-order chi connectivity index (χ0) is 16.1. The molecule has 0 heterocycles. The Balaban J connectivity index is 3.55. The molecule has 2 atom stereocenters. The fraction of sp³-hybridized carbons (Fsp3) is 1.00. The lowest BCUT2D eigenvalue weighted by atomic mass is 10.0. The summed E-state index contributed by atoms with van der Waals surface area (Å²) in [6, 6.07) is 0.564. The van der Waals surface area contributed by atoms with Crippen molar-refractivity contribution in [1.29, 1.82) is 0 Å². The second-order valence-electron chi connectivity index (χ2n) is 6.39. The van der Waals surface area contributed by atoms with Gasteiger partial charge in [0.15, 0.2) is 0 Å². The minimum absolute atomic E-state index is 0.405. The Labute approximate surface area is 132 Å². The summed E-state index contributed by atoms with van der Waals surface area (Å²) >= 11 is 0. The van der Waals surface area contributed by atoms with E-state index in [1.54, 1.807) is 0 Å². The van der Waals surface area contributed by atoms with E-state index in [2.05, 4.69) is 45.0 Å². The highest BCUT2D eigenvalue weighted by atomic mass is 16.5. The lowest BCUT2D eigenvalue weighted by molar-refractivity contribution is 0.0192. The number of hydrogen-bond acceptors (Lipinski definition) is 4. The van der Waals surface area contributed by atoms with Gasteiger partial charge in [-0.2, -0.15) is 0 Å². The quantitative estimate of drug-likeness (QED) is 0.484. The van der Waals surface area contributed by atoms with Gasteiger partial charge >= 0.3 is 0 Å². The molecule has 21 heavy (non-hydrogen) atoms. The van der Waals surface area contributed by atoms with Gasteiger partial charge in [-0.25, -0.2) is 0 Å². The van der Waals surface area contributed by atoms with Gasteiger partial charge in [-0.1, -0.05) is 33.1 Å². The number of unbranched alkanes of at least 4 members (excludes halogenated alkanes) is 1. The molecule has 0 aliphatic carbocycles. The molecule has 128 valence electrons. The highest BCUT2D eigenvalue weighted by Gasteiger charge is 2.09. The van der Waals surface area contributed by atoms with Crippen LogP contribution in [0.25, 0.3) is 0 Å². The maximum absolute atomic E-state index is 9.88. The molecule has 4 heteroatoms. The summed E-state index contributed by atoms with van der Waals surface area (Å²) in [5.74, 6) is 0.643. The van der Waals surface area contributed by atoms with E-state index in [4.69, 9.17) is 4.74 Å². The maximum Gasteiger partial charge on any atom is 0.0897 e. The molecule has 0 fully saturated rings. The van der Waals surface area contributed by atoms with E-state index in [0.29, 0.717) is 25.1 Å². The third kappa shape index (κ3) is 12.1. The summed E-state index contributed by atoms with van der Waals surface area (Å²) in [5, 5.41) is 13.2. The minimum atomic E-state index is -0.405. The van der Waals surface area contributed by atoms with Crippen LogP contribution in [0.5, 0.6) is 0 Å². The van der Waals surface area contributed by atoms with E-state index < -0.39 is 6.10 Å². The fourth-order valence-electron chi connectivity index (χ4n) is 2.11.